The molecule has 0 heterocycles. The van der Waals surface area contributed by atoms with Gasteiger partial charge in [-0.2, -0.15) is 0 Å². The number of carbonyl (C=O) groups excluding carboxylic acids is 2. The SMILES string of the molecule is CC/C=C\C/C=C\C/C=C\C/C=C\CCC(=O)OC(COCCCCCCCC/C=C\CCCCCC)COC(=O)CCCCCCC/C=C\C/C=C\C/C=C\CC. The van der Waals surface area contributed by atoms with Crippen LogP contribution < -0.4 is 0 Å². The molecule has 5 nitrogen and oxygen atoms in total. The molecular formula is C53H88O5. The van der Waals surface area contributed by atoms with Crippen LogP contribution in [0.25, 0.3) is 0 Å². The van der Waals surface area contributed by atoms with Crippen molar-refractivity contribution < 1.29 is 23.8 Å². The Hall–Kier alpha value is -3.18. The zero-order chi connectivity index (χ0) is 42.1. The molecule has 1 unspecified atom stereocenters. The van der Waals surface area contributed by atoms with Crippen LogP contribution in [0.4, 0.5) is 0 Å². The summed E-state index contributed by atoms with van der Waals surface area (Å²) in [6, 6.07) is 0. The summed E-state index contributed by atoms with van der Waals surface area (Å²) < 4.78 is 17.3. The Labute approximate surface area is 358 Å². The maximum absolute atomic E-state index is 12.7. The van der Waals surface area contributed by atoms with E-state index in [0.29, 0.717) is 19.4 Å². The summed E-state index contributed by atoms with van der Waals surface area (Å²) in [6.07, 6.45) is 64.2. The molecule has 5 heteroatoms. The van der Waals surface area contributed by atoms with Gasteiger partial charge in [0.2, 0.25) is 0 Å². The molecule has 0 spiro atoms. The summed E-state index contributed by atoms with van der Waals surface area (Å²) in [5.41, 5.74) is 0. The smallest absolute Gasteiger partial charge is 0.306 e. The van der Waals surface area contributed by atoms with E-state index in [4.69, 9.17) is 14.2 Å². The highest BCUT2D eigenvalue weighted by molar-refractivity contribution is 5.70. The lowest BCUT2D eigenvalue weighted by Crippen LogP contribution is -2.30. The number of unbranched alkanes of at least 4 members (excludes halogenated alkanes) is 15. The lowest BCUT2D eigenvalue weighted by atomic mass is 10.1. The fourth-order valence-electron chi connectivity index (χ4n) is 6.12. The molecule has 0 amide bonds. The Balaban J connectivity index is 4.41. The minimum absolute atomic E-state index is 0.0404. The average molecular weight is 805 g/mol. The topological polar surface area (TPSA) is 61.8 Å². The van der Waals surface area contributed by atoms with Crippen molar-refractivity contribution in [3.63, 3.8) is 0 Å². The predicted octanol–water partition coefficient (Wildman–Crippen LogP) is 15.9. The highest BCUT2D eigenvalue weighted by Crippen LogP contribution is 2.12. The first-order valence-electron chi connectivity index (χ1n) is 23.8. The van der Waals surface area contributed by atoms with E-state index in [-0.39, 0.29) is 31.6 Å². The average Bonchev–Trinajstić information content (AvgIpc) is 3.22. The van der Waals surface area contributed by atoms with Gasteiger partial charge >= 0.3 is 11.9 Å². The molecule has 1 atom stereocenters. The van der Waals surface area contributed by atoms with Gasteiger partial charge in [0.25, 0.3) is 0 Å². The van der Waals surface area contributed by atoms with E-state index in [2.05, 4.69) is 112 Å². The van der Waals surface area contributed by atoms with Crippen molar-refractivity contribution in [2.75, 3.05) is 19.8 Å². The van der Waals surface area contributed by atoms with Crippen molar-refractivity contribution in [1.82, 2.24) is 0 Å². The molecule has 0 N–H and O–H groups in total. The number of hydrogen-bond donors (Lipinski definition) is 0. The van der Waals surface area contributed by atoms with Crippen molar-refractivity contribution >= 4 is 11.9 Å². The number of hydrogen-bond acceptors (Lipinski definition) is 5. The maximum Gasteiger partial charge on any atom is 0.306 e. The van der Waals surface area contributed by atoms with Crippen LogP contribution in [-0.4, -0.2) is 37.9 Å². The molecule has 330 valence electrons. The van der Waals surface area contributed by atoms with Gasteiger partial charge in [-0.15, -0.1) is 0 Å². The first-order valence-corrected chi connectivity index (χ1v) is 23.8. The van der Waals surface area contributed by atoms with E-state index < -0.39 is 6.10 Å². The van der Waals surface area contributed by atoms with Gasteiger partial charge < -0.3 is 14.2 Å². The third kappa shape index (κ3) is 45.5. The molecule has 58 heavy (non-hydrogen) atoms. The van der Waals surface area contributed by atoms with Crippen molar-refractivity contribution in [3.8, 4) is 0 Å². The van der Waals surface area contributed by atoms with Crippen LogP contribution in [0, 0.1) is 0 Å². The fourth-order valence-corrected chi connectivity index (χ4v) is 6.12. The van der Waals surface area contributed by atoms with E-state index >= 15 is 0 Å². The van der Waals surface area contributed by atoms with Gasteiger partial charge in [0.1, 0.15) is 6.61 Å². The van der Waals surface area contributed by atoms with Gasteiger partial charge in [0, 0.05) is 19.4 Å². The number of ether oxygens (including phenoxy) is 3. The number of carbonyl (C=O) groups is 2. The molecule has 0 aliphatic rings. The van der Waals surface area contributed by atoms with Gasteiger partial charge in [0.15, 0.2) is 6.10 Å². The van der Waals surface area contributed by atoms with E-state index in [1.165, 1.54) is 77.0 Å². The van der Waals surface area contributed by atoms with Gasteiger partial charge in [-0.05, 0) is 103 Å². The third-order valence-electron chi connectivity index (χ3n) is 9.60. The van der Waals surface area contributed by atoms with Crippen LogP contribution in [0.15, 0.2) is 97.2 Å². The first-order chi connectivity index (χ1) is 28.6. The Bertz CT molecular complexity index is 1140. The van der Waals surface area contributed by atoms with Crippen molar-refractivity contribution in [2.45, 2.75) is 207 Å². The van der Waals surface area contributed by atoms with Crippen LogP contribution in [0.3, 0.4) is 0 Å². The predicted molar refractivity (Wildman–Crippen MR) is 251 cm³/mol. The Morgan fingerprint density at radius 2 is 0.810 bits per heavy atom. The van der Waals surface area contributed by atoms with Crippen LogP contribution >= 0.6 is 0 Å². The van der Waals surface area contributed by atoms with Crippen molar-refractivity contribution in [3.05, 3.63) is 97.2 Å². The molecule has 0 aromatic carbocycles. The minimum Gasteiger partial charge on any atom is -0.462 e. The standard InChI is InChI=1S/C53H88O5/c1-4-7-10-13-16-19-22-25-27-29-31-34-37-40-43-46-52(54)57-50-51(49-56-48-45-42-39-36-33-30-26-23-20-17-14-11-8-5-2)58-53(55)47-44-41-38-35-32-28-24-21-18-15-12-9-6-3/h7,9-10,12,16,18-21,23,25,27-28,32,38,41,51H,4-6,8,11,13-15,17,22,24,26,29-31,33-37,39-40,42-50H2,1-3H3/b10-7-,12-9-,19-16-,21-18-,23-20-,27-25-,32-28-,41-38-. The molecule has 0 aliphatic carbocycles. The van der Waals surface area contributed by atoms with Gasteiger partial charge in [0.05, 0.1) is 6.61 Å². The highest BCUT2D eigenvalue weighted by atomic mass is 16.6. The Morgan fingerprint density at radius 1 is 0.397 bits per heavy atom. The normalized spacial score (nSPS) is 13.1. The first kappa shape index (κ1) is 54.8. The number of rotatable bonds is 42. The summed E-state index contributed by atoms with van der Waals surface area (Å²) in [7, 11) is 0. The molecular weight excluding hydrogens is 717 g/mol. The summed E-state index contributed by atoms with van der Waals surface area (Å²) in [6.45, 7) is 7.46. The van der Waals surface area contributed by atoms with Crippen molar-refractivity contribution in [2.24, 2.45) is 0 Å². The largest absolute Gasteiger partial charge is 0.462 e. The zero-order valence-corrected chi connectivity index (χ0v) is 37.8. The Kier molecular flexibility index (Phi) is 45.5. The monoisotopic (exact) mass is 805 g/mol. The van der Waals surface area contributed by atoms with Gasteiger partial charge in [-0.1, -0.05) is 182 Å². The summed E-state index contributed by atoms with van der Waals surface area (Å²) in [5.74, 6) is -0.519. The quantitative estimate of drug-likeness (QED) is 0.0349. The third-order valence-corrected chi connectivity index (χ3v) is 9.60. The summed E-state index contributed by atoms with van der Waals surface area (Å²) in [5, 5.41) is 0. The Morgan fingerprint density at radius 3 is 1.33 bits per heavy atom. The molecule has 0 rings (SSSR count). The zero-order valence-electron chi connectivity index (χ0n) is 37.8. The minimum atomic E-state index is -0.588. The van der Waals surface area contributed by atoms with Gasteiger partial charge in [-0.25, -0.2) is 0 Å². The molecule has 0 aromatic heterocycles. The highest BCUT2D eigenvalue weighted by Gasteiger charge is 2.17. The maximum atomic E-state index is 12.7. The second-order valence-electron chi connectivity index (χ2n) is 15.2. The van der Waals surface area contributed by atoms with E-state index in [1.54, 1.807) is 0 Å². The van der Waals surface area contributed by atoms with Crippen LogP contribution in [0.5, 0.6) is 0 Å². The van der Waals surface area contributed by atoms with E-state index in [0.717, 1.165) is 83.5 Å². The summed E-state index contributed by atoms with van der Waals surface area (Å²) in [4.78, 5) is 25.3. The molecule has 0 bridgehead atoms. The fraction of sp³-hybridized carbons (Fsp3) is 0.660. The lowest BCUT2D eigenvalue weighted by molar-refractivity contribution is -0.162. The molecule has 0 aliphatic heterocycles. The molecule has 0 radical (unpaired) electrons. The summed E-state index contributed by atoms with van der Waals surface area (Å²) >= 11 is 0. The van der Waals surface area contributed by atoms with Crippen LogP contribution in [0.2, 0.25) is 0 Å². The number of allylic oxidation sites excluding steroid dienone is 16. The second kappa shape index (κ2) is 48.2. The molecule has 0 fully saturated rings. The number of esters is 2. The van der Waals surface area contributed by atoms with Crippen molar-refractivity contribution in [1.29, 1.82) is 0 Å². The second-order valence-corrected chi connectivity index (χ2v) is 15.2. The lowest BCUT2D eigenvalue weighted by Gasteiger charge is -2.18. The molecule has 0 saturated carbocycles. The van der Waals surface area contributed by atoms with Gasteiger partial charge in [-0.3, -0.25) is 9.59 Å². The van der Waals surface area contributed by atoms with E-state index in [1.807, 2.05) is 6.08 Å². The molecule has 0 saturated heterocycles. The van der Waals surface area contributed by atoms with Crippen LogP contribution in [-0.2, 0) is 23.8 Å². The van der Waals surface area contributed by atoms with E-state index in [9.17, 15) is 9.59 Å². The van der Waals surface area contributed by atoms with Crippen LogP contribution in [0.1, 0.15) is 201 Å². The molecule has 0 aromatic rings.